The number of carbonyl (C=O) groups is 1. The Balaban J connectivity index is 2.26. The number of aromatic carboxylic acids is 1. The minimum absolute atomic E-state index is 0.206. The molecule has 1 fully saturated rings. The van der Waals surface area contributed by atoms with Crippen molar-refractivity contribution >= 4 is 5.97 Å². The second kappa shape index (κ2) is 5.91. The quantitative estimate of drug-likeness (QED) is 0.885. The first kappa shape index (κ1) is 13.0. The van der Waals surface area contributed by atoms with E-state index >= 15 is 0 Å². The summed E-state index contributed by atoms with van der Waals surface area (Å²) < 4.78 is 5.42. The van der Waals surface area contributed by atoms with Crippen molar-refractivity contribution in [3.05, 3.63) is 23.3 Å². The first-order chi connectivity index (χ1) is 8.72. The SMILES string of the molecule is CCCc1nc(C2CCCOC2)ncc1C(=O)O. The molecule has 5 heteroatoms. The highest BCUT2D eigenvalue weighted by molar-refractivity contribution is 5.88. The minimum Gasteiger partial charge on any atom is -0.478 e. The summed E-state index contributed by atoms with van der Waals surface area (Å²) in [4.78, 5) is 19.7. The van der Waals surface area contributed by atoms with E-state index in [4.69, 9.17) is 9.84 Å². The summed E-state index contributed by atoms with van der Waals surface area (Å²) in [6.07, 6.45) is 5.00. The Hall–Kier alpha value is -1.49. The van der Waals surface area contributed by atoms with Gasteiger partial charge in [0.25, 0.3) is 0 Å². The van der Waals surface area contributed by atoms with E-state index in [1.165, 1.54) is 6.20 Å². The van der Waals surface area contributed by atoms with Gasteiger partial charge in [-0.05, 0) is 19.3 Å². The molecule has 1 aliphatic heterocycles. The lowest BCUT2D eigenvalue weighted by molar-refractivity contribution is 0.0693. The molecule has 5 nitrogen and oxygen atoms in total. The zero-order valence-corrected chi connectivity index (χ0v) is 10.6. The summed E-state index contributed by atoms with van der Waals surface area (Å²) in [7, 11) is 0. The summed E-state index contributed by atoms with van der Waals surface area (Å²) in [5, 5.41) is 9.09. The summed E-state index contributed by atoms with van der Waals surface area (Å²) >= 11 is 0. The highest BCUT2D eigenvalue weighted by Gasteiger charge is 2.21. The number of ether oxygens (including phenoxy) is 1. The summed E-state index contributed by atoms with van der Waals surface area (Å²) in [5.74, 6) is -0.0229. The van der Waals surface area contributed by atoms with Crippen molar-refractivity contribution in [2.75, 3.05) is 13.2 Å². The second-order valence-electron chi connectivity index (χ2n) is 4.56. The molecule has 0 aliphatic carbocycles. The largest absolute Gasteiger partial charge is 0.478 e. The molecule has 2 rings (SSSR count). The van der Waals surface area contributed by atoms with Gasteiger partial charge in [-0.15, -0.1) is 0 Å². The Morgan fingerprint density at radius 3 is 3.06 bits per heavy atom. The Labute approximate surface area is 106 Å². The van der Waals surface area contributed by atoms with Gasteiger partial charge < -0.3 is 9.84 Å². The molecule has 0 spiro atoms. The number of carboxylic acids is 1. The maximum absolute atomic E-state index is 11.1. The Bertz CT molecular complexity index is 428. The fourth-order valence-corrected chi connectivity index (χ4v) is 2.18. The molecule has 0 radical (unpaired) electrons. The minimum atomic E-state index is -0.954. The normalized spacial score (nSPS) is 19.7. The van der Waals surface area contributed by atoms with Gasteiger partial charge in [0, 0.05) is 18.7 Å². The maximum atomic E-state index is 11.1. The van der Waals surface area contributed by atoms with Crippen LogP contribution in [0.4, 0.5) is 0 Å². The lowest BCUT2D eigenvalue weighted by atomic mass is 10.0. The third kappa shape index (κ3) is 2.85. The van der Waals surface area contributed by atoms with E-state index in [2.05, 4.69) is 9.97 Å². The molecule has 1 saturated heterocycles. The number of carboxylic acid groups (broad SMARTS) is 1. The van der Waals surface area contributed by atoms with Gasteiger partial charge >= 0.3 is 5.97 Å². The van der Waals surface area contributed by atoms with Crippen LogP contribution in [0.5, 0.6) is 0 Å². The summed E-state index contributed by atoms with van der Waals surface area (Å²) in [6.45, 7) is 3.45. The van der Waals surface area contributed by atoms with Crippen LogP contribution in [-0.4, -0.2) is 34.3 Å². The predicted molar refractivity (Wildman–Crippen MR) is 65.8 cm³/mol. The number of aromatic nitrogens is 2. The molecule has 0 aromatic carbocycles. The molecule has 1 aromatic rings. The fraction of sp³-hybridized carbons (Fsp3) is 0.615. The van der Waals surface area contributed by atoms with E-state index in [1.54, 1.807) is 0 Å². The smallest absolute Gasteiger partial charge is 0.339 e. The van der Waals surface area contributed by atoms with E-state index in [0.717, 1.165) is 31.7 Å². The number of hydrogen-bond donors (Lipinski definition) is 1. The zero-order valence-electron chi connectivity index (χ0n) is 10.6. The number of aryl methyl sites for hydroxylation is 1. The van der Waals surface area contributed by atoms with Crippen LogP contribution in [0.1, 0.15) is 54.0 Å². The number of hydrogen-bond acceptors (Lipinski definition) is 4. The molecule has 0 saturated carbocycles. The standard InChI is InChI=1S/C13H18N2O3/c1-2-4-11-10(13(16)17)7-14-12(15-11)9-5-3-6-18-8-9/h7,9H,2-6,8H2,1H3,(H,16,17). The van der Waals surface area contributed by atoms with Crippen LogP contribution in [0, 0.1) is 0 Å². The van der Waals surface area contributed by atoms with Gasteiger partial charge in [-0.1, -0.05) is 13.3 Å². The Kier molecular flexibility index (Phi) is 4.25. The van der Waals surface area contributed by atoms with Crippen LogP contribution in [-0.2, 0) is 11.2 Å². The topological polar surface area (TPSA) is 72.3 Å². The summed E-state index contributed by atoms with van der Waals surface area (Å²) in [6, 6.07) is 0. The van der Waals surface area contributed by atoms with Gasteiger partial charge in [0.05, 0.1) is 17.9 Å². The van der Waals surface area contributed by atoms with Crippen molar-refractivity contribution in [3.8, 4) is 0 Å². The molecule has 1 unspecified atom stereocenters. The number of nitrogens with zero attached hydrogens (tertiary/aromatic N) is 2. The summed E-state index contributed by atoms with van der Waals surface area (Å²) in [5.41, 5.74) is 0.859. The van der Waals surface area contributed by atoms with E-state index in [1.807, 2.05) is 6.92 Å². The van der Waals surface area contributed by atoms with Crippen LogP contribution in [0.3, 0.4) is 0 Å². The molecule has 2 heterocycles. The Morgan fingerprint density at radius 2 is 2.44 bits per heavy atom. The molecule has 1 N–H and O–H groups in total. The second-order valence-corrected chi connectivity index (χ2v) is 4.56. The van der Waals surface area contributed by atoms with Gasteiger partial charge in [-0.25, -0.2) is 14.8 Å². The van der Waals surface area contributed by atoms with Gasteiger partial charge in [-0.2, -0.15) is 0 Å². The lowest BCUT2D eigenvalue weighted by Gasteiger charge is -2.21. The van der Waals surface area contributed by atoms with E-state index in [9.17, 15) is 4.79 Å². The van der Waals surface area contributed by atoms with Crippen LogP contribution in [0.2, 0.25) is 0 Å². The predicted octanol–water partition coefficient (Wildman–Crippen LogP) is 2.02. The first-order valence-corrected chi connectivity index (χ1v) is 6.39. The van der Waals surface area contributed by atoms with Crippen LogP contribution >= 0.6 is 0 Å². The van der Waals surface area contributed by atoms with Crippen molar-refractivity contribution in [3.63, 3.8) is 0 Å². The molecule has 0 bridgehead atoms. The third-order valence-electron chi connectivity index (χ3n) is 3.13. The van der Waals surface area contributed by atoms with E-state index in [0.29, 0.717) is 18.7 Å². The molecule has 98 valence electrons. The lowest BCUT2D eigenvalue weighted by Crippen LogP contribution is -2.19. The van der Waals surface area contributed by atoms with Crippen molar-refractivity contribution in [1.82, 2.24) is 9.97 Å². The monoisotopic (exact) mass is 250 g/mol. The maximum Gasteiger partial charge on any atom is 0.339 e. The van der Waals surface area contributed by atoms with Gasteiger partial charge in [0.1, 0.15) is 5.82 Å². The van der Waals surface area contributed by atoms with Crippen molar-refractivity contribution in [2.24, 2.45) is 0 Å². The van der Waals surface area contributed by atoms with E-state index in [-0.39, 0.29) is 11.5 Å². The van der Waals surface area contributed by atoms with Gasteiger partial charge in [0.15, 0.2) is 0 Å². The van der Waals surface area contributed by atoms with Crippen molar-refractivity contribution in [1.29, 1.82) is 0 Å². The fourth-order valence-electron chi connectivity index (χ4n) is 2.18. The average Bonchev–Trinajstić information content (AvgIpc) is 2.40. The highest BCUT2D eigenvalue weighted by atomic mass is 16.5. The van der Waals surface area contributed by atoms with Gasteiger partial charge in [0.2, 0.25) is 0 Å². The molecule has 1 atom stereocenters. The van der Waals surface area contributed by atoms with Crippen molar-refractivity contribution < 1.29 is 14.6 Å². The van der Waals surface area contributed by atoms with Crippen LogP contribution < -0.4 is 0 Å². The van der Waals surface area contributed by atoms with Gasteiger partial charge in [-0.3, -0.25) is 0 Å². The molecule has 1 aromatic heterocycles. The average molecular weight is 250 g/mol. The first-order valence-electron chi connectivity index (χ1n) is 6.39. The molecule has 0 amide bonds. The van der Waals surface area contributed by atoms with Crippen LogP contribution in [0.25, 0.3) is 0 Å². The van der Waals surface area contributed by atoms with Crippen molar-refractivity contribution in [2.45, 2.75) is 38.5 Å². The van der Waals surface area contributed by atoms with E-state index < -0.39 is 5.97 Å². The van der Waals surface area contributed by atoms with Crippen LogP contribution in [0.15, 0.2) is 6.20 Å². The number of rotatable bonds is 4. The zero-order chi connectivity index (χ0) is 13.0. The molecular formula is C13H18N2O3. The molecule has 1 aliphatic rings. The Morgan fingerprint density at radius 1 is 1.61 bits per heavy atom. The highest BCUT2D eigenvalue weighted by Crippen LogP contribution is 2.23. The third-order valence-corrected chi connectivity index (χ3v) is 3.13. The molecular weight excluding hydrogens is 232 g/mol. The molecule has 18 heavy (non-hydrogen) atoms.